The van der Waals surface area contributed by atoms with Gasteiger partial charge >= 0.3 is 0 Å². The van der Waals surface area contributed by atoms with Gasteiger partial charge in [-0.2, -0.15) is 0 Å². The first kappa shape index (κ1) is 16.4. The molecule has 112 valence electrons. The van der Waals surface area contributed by atoms with Gasteiger partial charge in [-0.25, -0.2) is 0 Å². The van der Waals surface area contributed by atoms with Crippen molar-refractivity contribution in [3.63, 3.8) is 0 Å². The zero-order valence-electron chi connectivity index (χ0n) is 11.6. The third-order valence-corrected chi connectivity index (χ3v) is 3.93. The van der Waals surface area contributed by atoms with Gasteiger partial charge in [-0.15, -0.1) is 0 Å². The van der Waals surface area contributed by atoms with E-state index in [4.69, 9.17) is 45.3 Å². The molecule has 0 amide bonds. The Bertz CT molecular complexity index is 644. The summed E-state index contributed by atoms with van der Waals surface area (Å²) in [5.74, 6) is 0.614. The van der Waals surface area contributed by atoms with Gasteiger partial charge in [0.05, 0.1) is 5.02 Å². The van der Waals surface area contributed by atoms with Gasteiger partial charge < -0.3 is 10.5 Å². The predicted molar refractivity (Wildman–Crippen MR) is 89.7 cm³/mol. The van der Waals surface area contributed by atoms with Gasteiger partial charge in [0, 0.05) is 15.6 Å². The van der Waals surface area contributed by atoms with Gasteiger partial charge in [-0.1, -0.05) is 46.9 Å². The largest absolute Gasteiger partial charge is 0.487 e. The third-order valence-electron chi connectivity index (χ3n) is 3.08. The van der Waals surface area contributed by atoms with E-state index in [0.717, 1.165) is 16.7 Å². The standard InChI is InChI=1S/C16H16Cl3NO/c1-10-2-3-12(14(18)6-10)9-21-16-11(4-5-20)7-13(17)8-15(16)19/h2-3,6-8H,4-5,9,20H2,1H3. The summed E-state index contributed by atoms with van der Waals surface area (Å²) in [5.41, 5.74) is 8.53. The topological polar surface area (TPSA) is 35.2 Å². The van der Waals surface area contributed by atoms with Crippen LogP contribution in [-0.4, -0.2) is 6.54 Å². The molecule has 0 saturated heterocycles. The summed E-state index contributed by atoms with van der Waals surface area (Å²) in [6.45, 7) is 2.84. The van der Waals surface area contributed by atoms with Gasteiger partial charge in [-0.05, 0) is 49.2 Å². The van der Waals surface area contributed by atoms with Crippen molar-refractivity contribution in [1.82, 2.24) is 0 Å². The van der Waals surface area contributed by atoms with Crippen molar-refractivity contribution in [2.75, 3.05) is 6.54 Å². The van der Waals surface area contributed by atoms with Crippen LogP contribution < -0.4 is 10.5 Å². The average molecular weight is 345 g/mol. The van der Waals surface area contributed by atoms with Crippen LogP contribution in [0, 0.1) is 6.92 Å². The van der Waals surface area contributed by atoms with Crippen molar-refractivity contribution in [3.8, 4) is 5.75 Å². The van der Waals surface area contributed by atoms with Crippen LogP contribution in [0.1, 0.15) is 16.7 Å². The Kier molecular flexibility index (Phi) is 5.77. The Morgan fingerprint density at radius 3 is 2.43 bits per heavy atom. The smallest absolute Gasteiger partial charge is 0.141 e. The van der Waals surface area contributed by atoms with Gasteiger partial charge in [0.25, 0.3) is 0 Å². The van der Waals surface area contributed by atoms with E-state index in [1.165, 1.54) is 0 Å². The summed E-state index contributed by atoms with van der Waals surface area (Å²) < 4.78 is 5.85. The molecule has 0 bridgehead atoms. The van der Waals surface area contributed by atoms with Crippen LogP contribution in [0.25, 0.3) is 0 Å². The van der Waals surface area contributed by atoms with Crippen molar-refractivity contribution in [3.05, 3.63) is 62.1 Å². The molecule has 5 heteroatoms. The van der Waals surface area contributed by atoms with Crippen molar-refractivity contribution in [1.29, 1.82) is 0 Å². The highest BCUT2D eigenvalue weighted by Crippen LogP contribution is 2.33. The van der Waals surface area contributed by atoms with E-state index in [2.05, 4.69) is 0 Å². The molecule has 2 N–H and O–H groups in total. The highest BCUT2D eigenvalue weighted by Gasteiger charge is 2.11. The van der Waals surface area contributed by atoms with Gasteiger partial charge in [0.2, 0.25) is 0 Å². The molecule has 0 aliphatic heterocycles. The van der Waals surface area contributed by atoms with E-state index in [1.54, 1.807) is 6.07 Å². The second-order valence-electron chi connectivity index (χ2n) is 4.80. The summed E-state index contributed by atoms with van der Waals surface area (Å²) >= 11 is 18.4. The molecule has 0 aliphatic carbocycles. The molecule has 21 heavy (non-hydrogen) atoms. The molecular weight excluding hydrogens is 329 g/mol. The predicted octanol–water partition coefficient (Wildman–Crippen LogP) is 5.04. The van der Waals surface area contributed by atoms with Crippen molar-refractivity contribution in [2.24, 2.45) is 5.73 Å². The summed E-state index contributed by atoms with van der Waals surface area (Å²) in [6.07, 6.45) is 0.650. The van der Waals surface area contributed by atoms with Crippen molar-refractivity contribution >= 4 is 34.8 Å². The second kappa shape index (κ2) is 7.37. The first-order valence-electron chi connectivity index (χ1n) is 6.57. The molecule has 0 saturated carbocycles. The number of halogens is 3. The quantitative estimate of drug-likeness (QED) is 0.825. The molecule has 0 radical (unpaired) electrons. The molecule has 0 heterocycles. The Balaban J connectivity index is 2.23. The molecule has 0 aromatic heterocycles. The number of hydrogen-bond acceptors (Lipinski definition) is 2. The van der Waals surface area contributed by atoms with Crippen LogP contribution in [0.5, 0.6) is 5.75 Å². The Morgan fingerprint density at radius 1 is 1.00 bits per heavy atom. The van der Waals surface area contributed by atoms with E-state index in [9.17, 15) is 0 Å². The average Bonchev–Trinajstić information content (AvgIpc) is 2.40. The summed E-state index contributed by atoms with van der Waals surface area (Å²) in [4.78, 5) is 0. The molecule has 2 aromatic carbocycles. The molecule has 0 unspecified atom stereocenters. The van der Waals surface area contributed by atoms with E-state index < -0.39 is 0 Å². The lowest BCUT2D eigenvalue weighted by atomic mass is 10.1. The van der Waals surface area contributed by atoms with Gasteiger partial charge in [-0.3, -0.25) is 0 Å². The molecule has 0 fully saturated rings. The number of ether oxygens (including phenoxy) is 1. The second-order valence-corrected chi connectivity index (χ2v) is 6.05. The normalized spacial score (nSPS) is 10.7. The van der Waals surface area contributed by atoms with Gasteiger partial charge in [0.15, 0.2) is 0 Å². The summed E-state index contributed by atoms with van der Waals surface area (Å²) in [7, 11) is 0. The molecule has 0 spiro atoms. The molecule has 2 nitrogen and oxygen atoms in total. The molecule has 0 aliphatic rings. The Hall–Kier alpha value is -0.930. The first-order valence-corrected chi connectivity index (χ1v) is 7.70. The Morgan fingerprint density at radius 2 is 1.76 bits per heavy atom. The van der Waals surface area contributed by atoms with Crippen molar-refractivity contribution < 1.29 is 4.74 Å². The van der Waals surface area contributed by atoms with E-state index in [0.29, 0.717) is 40.4 Å². The number of nitrogens with two attached hydrogens (primary N) is 1. The van der Waals surface area contributed by atoms with Gasteiger partial charge in [0.1, 0.15) is 12.4 Å². The fourth-order valence-electron chi connectivity index (χ4n) is 2.04. The maximum atomic E-state index is 6.22. The van der Waals surface area contributed by atoms with Crippen LogP contribution in [-0.2, 0) is 13.0 Å². The number of hydrogen-bond donors (Lipinski definition) is 1. The summed E-state index contributed by atoms with van der Waals surface area (Å²) in [6, 6.07) is 9.34. The fraction of sp³-hybridized carbons (Fsp3) is 0.250. The maximum absolute atomic E-state index is 6.22. The van der Waals surface area contributed by atoms with Crippen molar-refractivity contribution in [2.45, 2.75) is 20.0 Å². The molecule has 2 aromatic rings. The minimum absolute atomic E-state index is 0.345. The monoisotopic (exact) mass is 343 g/mol. The number of aryl methyl sites for hydroxylation is 1. The lowest BCUT2D eigenvalue weighted by Gasteiger charge is -2.14. The molecule has 0 atom stereocenters. The number of rotatable bonds is 5. The molecular formula is C16H16Cl3NO. The maximum Gasteiger partial charge on any atom is 0.141 e. The highest BCUT2D eigenvalue weighted by molar-refractivity contribution is 6.35. The number of benzene rings is 2. The van der Waals surface area contributed by atoms with E-state index in [1.807, 2.05) is 31.2 Å². The molecule has 2 rings (SSSR count). The minimum Gasteiger partial charge on any atom is -0.487 e. The highest BCUT2D eigenvalue weighted by atomic mass is 35.5. The SMILES string of the molecule is Cc1ccc(COc2c(Cl)cc(Cl)cc2CCN)c(Cl)c1. The third kappa shape index (κ3) is 4.27. The van der Waals surface area contributed by atoms with Crippen LogP contribution in [0.2, 0.25) is 15.1 Å². The van der Waals surface area contributed by atoms with E-state index in [-0.39, 0.29) is 0 Å². The lowest BCUT2D eigenvalue weighted by molar-refractivity contribution is 0.303. The summed E-state index contributed by atoms with van der Waals surface area (Å²) in [5, 5.41) is 1.74. The lowest BCUT2D eigenvalue weighted by Crippen LogP contribution is -2.06. The van der Waals surface area contributed by atoms with Crippen LogP contribution in [0.3, 0.4) is 0 Å². The van der Waals surface area contributed by atoms with E-state index >= 15 is 0 Å². The Labute approximate surface area is 139 Å². The first-order chi connectivity index (χ1) is 10.0. The fourth-order valence-corrected chi connectivity index (χ4v) is 2.92. The minimum atomic E-state index is 0.345. The van der Waals surface area contributed by atoms with Crippen LogP contribution in [0.4, 0.5) is 0 Å². The van der Waals surface area contributed by atoms with Crippen LogP contribution in [0.15, 0.2) is 30.3 Å². The zero-order chi connectivity index (χ0) is 15.4. The van der Waals surface area contributed by atoms with Crippen LogP contribution >= 0.6 is 34.8 Å². The zero-order valence-corrected chi connectivity index (χ0v) is 13.9.